The van der Waals surface area contributed by atoms with Crippen molar-refractivity contribution < 1.29 is 0 Å². The minimum absolute atomic E-state index is 0.0139. The van der Waals surface area contributed by atoms with Crippen LogP contribution in [0.4, 0.5) is 0 Å². The summed E-state index contributed by atoms with van der Waals surface area (Å²) in [7, 11) is 3.80. The van der Waals surface area contributed by atoms with E-state index in [-0.39, 0.29) is 6.04 Å². The summed E-state index contributed by atoms with van der Waals surface area (Å²) in [5, 5.41) is 0. The third kappa shape index (κ3) is 2.24. The quantitative estimate of drug-likeness (QED) is 0.427. The molecule has 0 aromatic rings. The van der Waals surface area contributed by atoms with Gasteiger partial charge in [-0.1, -0.05) is 5.92 Å². The van der Waals surface area contributed by atoms with Crippen LogP contribution < -0.4 is 0 Å². The first-order valence-electron chi connectivity index (χ1n) is 2.14. The highest BCUT2D eigenvalue weighted by molar-refractivity contribution is 4.99. The molecule has 0 N–H and O–H groups in total. The van der Waals surface area contributed by atoms with Crippen LogP contribution in [0, 0.1) is 19.3 Å². The fourth-order valence-electron chi connectivity index (χ4n) is 0.149. The standard InChI is InChI=1S/C6H10N/c1-5-6(2)7(3)4/h1,6H,2H2,3-4H3. The molecule has 1 atom stereocenters. The maximum Gasteiger partial charge on any atom is 0.0707 e. The van der Waals surface area contributed by atoms with Crippen LogP contribution in [0.1, 0.15) is 0 Å². The van der Waals surface area contributed by atoms with Crippen LogP contribution in [0.2, 0.25) is 0 Å². The molecule has 1 unspecified atom stereocenters. The molecular formula is C6H10N. The van der Waals surface area contributed by atoms with Gasteiger partial charge in [-0.25, -0.2) is 0 Å². The van der Waals surface area contributed by atoms with Crippen molar-refractivity contribution in [3.05, 3.63) is 6.92 Å². The molecule has 1 nitrogen and oxygen atoms in total. The molecule has 7 heavy (non-hydrogen) atoms. The van der Waals surface area contributed by atoms with E-state index in [0.29, 0.717) is 0 Å². The lowest BCUT2D eigenvalue weighted by atomic mass is 10.3. The van der Waals surface area contributed by atoms with Crippen molar-refractivity contribution in [1.82, 2.24) is 4.90 Å². The SMILES string of the molecule is C#CC([CH2])N(C)C. The average molecular weight is 96.2 g/mol. The summed E-state index contributed by atoms with van der Waals surface area (Å²) < 4.78 is 0. The third-order valence-electron chi connectivity index (χ3n) is 0.816. The molecule has 0 spiro atoms. The van der Waals surface area contributed by atoms with Crippen LogP contribution in [0.15, 0.2) is 0 Å². The highest BCUT2D eigenvalue weighted by Gasteiger charge is 1.94. The predicted molar refractivity (Wildman–Crippen MR) is 31.7 cm³/mol. The summed E-state index contributed by atoms with van der Waals surface area (Å²) in [5.74, 6) is 2.48. The van der Waals surface area contributed by atoms with Crippen LogP contribution in [-0.4, -0.2) is 25.0 Å². The van der Waals surface area contributed by atoms with E-state index in [2.05, 4.69) is 12.8 Å². The second-order valence-electron chi connectivity index (χ2n) is 1.65. The van der Waals surface area contributed by atoms with Crippen LogP contribution >= 0.6 is 0 Å². The van der Waals surface area contributed by atoms with Gasteiger partial charge in [-0.2, -0.15) is 0 Å². The van der Waals surface area contributed by atoms with Gasteiger partial charge in [-0.05, 0) is 21.0 Å². The van der Waals surface area contributed by atoms with Crippen molar-refractivity contribution in [1.29, 1.82) is 0 Å². The first kappa shape index (κ1) is 6.52. The fourth-order valence-corrected chi connectivity index (χ4v) is 0.149. The number of hydrogen-bond donors (Lipinski definition) is 0. The van der Waals surface area contributed by atoms with Crippen molar-refractivity contribution in [2.45, 2.75) is 6.04 Å². The van der Waals surface area contributed by atoms with E-state index in [0.717, 1.165) is 0 Å². The average Bonchev–Trinajstić information content (AvgIpc) is 1.65. The molecule has 0 aromatic carbocycles. The molecule has 0 saturated heterocycles. The summed E-state index contributed by atoms with van der Waals surface area (Å²) in [4.78, 5) is 1.88. The molecule has 0 fully saturated rings. The fraction of sp³-hybridized carbons (Fsp3) is 0.500. The lowest BCUT2D eigenvalue weighted by Crippen LogP contribution is -2.22. The maximum absolute atomic E-state index is 5.02. The molecule has 0 aliphatic heterocycles. The van der Waals surface area contributed by atoms with Gasteiger partial charge in [0.05, 0.1) is 6.04 Å². The second kappa shape index (κ2) is 2.65. The maximum atomic E-state index is 5.02. The second-order valence-corrected chi connectivity index (χ2v) is 1.65. The van der Waals surface area contributed by atoms with Gasteiger partial charge < -0.3 is 0 Å². The zero-order chi connectivity index (χ0) is 5.86. The smallest absolute Gasteiger partial charge is 0.0707 e. The lowest BCUT2D eigenvalue weighted by Gasteiger charge is -2.11. The zero-order valence-corrected chi connectivity index (χ0v) is 4.81. The molecule has 0 bridgehead atoms. The van der Waals surface area contributed by atoms with Crippen molar-refractivity contribution in [2.24, 2.45) is 0 Å². The Balaban J connectivity index is 3.40. The summed E-state index contributed by atoms with van der Waals surface area (Å²) in [6.07, 6.45) is 5.02. The van der Waals surface area contributed by atoms with Gasteiger partial charge in [0.15, 0.2) is 0 Å². The third-order valence-corrected chi connectivity index (χ3v) is 0.816. The molecule has 0 aromatic heterocycles. The topological polar surface area (TPSA) is 3.24 Å². The van der Waals surface area contributed by atoms with E-state index < -0.39 is 0 Å². The zero-order valence-electron chi connectivity index (χ0n) is 4.81. The summed E-state index contributed by atoms with van der Waals surface area (Å²) in [6, 6.07) is 0.0139. The van der Waals surface area contributed by atoms with E-state index in [1.807, 2.05) is 19.0 Å². The predicted octanol–water partition coefficient (Wildman–Crippen LogP) is 0.384. The molecule has 0 aliphatic rings. The highest BCUT2D eigenvalue weighted by Crippen LogP contribution is 1.83. The van der Waals surface area contributed by atoms with Gasteiger partial charge in [0.1, 0.15) is 0 Å². The Kier molecular flexibility index (Phi) is 2.47. The van der Waals surface area contributed by atoms with Crippen LogP contribution in [0.3, 0.4) is 0 Å². The number of nitrogens with zero attached hydrogens (tertiary/aromatic N) is 1. The van der Waals surface area contributed by atoms with E-state index in [1.54, 1.807) is 0 Å². The van der Waals surface area contributed by atoms with Gasteiger partial charge in [-0.3, -0.25) is 4.90 Å². The first-order chi connectivity index (χ1) is 3.18. The molecule has 0 rings (SSSR count). The monoisotopic (exact) mass is 96.1 g/mol. The van der Waals surface area contributed by atoms with Crippen molar-refractivity contribution >= 4 is 0 Å². The minimum atomic E-state index is 0.0139. The van der Waals surface area contributed by atoms with Crippen molar-refractivity contribution in [3.8, 4) is 12.3 Å². The summed E-state index contributed by atoms with van der Waals surface area (Å²) in [5.41, 5.74) is 0. The Morgan fingerprint density at radius 3 is 2.14 bits per heavy atom. The Morgan fingerprint density at radius 2 is 2.14 bits per heavy atom. The van der Waals surface area contributed by atoms with E-state index >= 15 is 0 Å². The molecular weight excluding hydrogens is 86.1 g/mol. The molecule has 0 heterocycles. The highest BCUT2D eigenvalue weighted by atomic mass is 15.1. The normalized spacial score (nSPS) is 13.6. The molecule has 39 valence electrons. The van der Waals surface area contributed by atoms with Gasteiger partial charge in [0, 0.05) is 0 Å². The van der Waals surface area contributed by atoms with Crippen molar-refractivity contribution in [2.75, 3.05) is 14.1 Å². The Bertz CT molecular complexity index is 78.7. The lowest BCUT2D eigenvalue weighted by molar-refractivity contribution is 0.398. The van der Waals surface area contributed by atoms with Gasteiger partial charge in [0.25, 0.3) is 0 Å². The largest absolute Gasteiger partial charge is 0.296 e. The van der Waals surface area contributed by atoms with E-state index in [1.165, 1.54) is 0 Å². The molecule has 1 radical (unpaired) electrons. The van der Waals surface area contributed by atoms with Crippen LogP contribution in [0.5, 0.6) is 0 Å². The molecule has 0 aliphatic carbocycles. The Morgan fingerprint density at radius 1 is 1.71 bits per heavy atom. The Labute approximate surface area is 45.3 Å². The van der Waals surface area contributed by atoms with Gasteiger partial charge in [-0.15, -0.1) is 6.42 Å². The summed E-state index contributed by atoms with van der Waals surface area (Å²) in [6.45, 7) is 3.65. The molecule has 0 amide bonds. The van der Waals surface area contributed by atoms with E-state index in [4.69, 9.17) is 6.42 Å². The van der Waals surface area contributed by atoms with Gasteiger partial charge in [0.2, 0.25) is 0 Å². The van der Waals surface area contributed by atoms with Gasteiger partial charge >= 0.3 is 0 Å². The Hall–Kier alpha value is -0.480. The number of terminal acetylenes is 1. The molecule has 1 heteroatoms. The van der Waals surface area contributed by atoms with Crippen LogP contribution in [-0.2, 0) is 0 Å². The number of hydrogen-bond acceptors (Lipinski definition) is 1. The number of rotatable bonds is 1. The van der Waals surface area contributed by atoms with Crippen molar-refractivity contribution in [3.63, 3.8) is 0 Å². The van der Waals surface area contributed by atoms with E-state index in [9.17, 15) is 0 Å². The minimum Gasteiger partial charge on any atom is -0.296 e. The summed E-state index contributed by atoms with van der Waals surface area (Å²) >= 11 is 0. The first-order valence-corrected chi connectivity index (χ1v) is 2.14. The van der Waals surface area contributed by atoms with Crippen LogP contribution in [0.25, 0.3) is 0 Å². The molecule has 0 saturated carbocycles.